The molecule has 0 saturated heterocycles. The summed E-state index contributed by atoms with van der Waals surface area (Å²) in [6.07, 6.45) is 5.42. The lowest BCUT2D eigenvalue weighted by atomic mass is 10.2. The number of fused-ring (bicyclic) bond motifs is 1. The van der Waals surface area contributed by atoms with Gasteiger partial charge in [-0.15, -0.1) is 0 Å². The van der Waals surface area contributed by atoms with Gasteiger partial charge in [-0.1, -0.05) is 0 Å². The van der Waals surface area contributed by atoms with Crippen LogP contribution in [-0.2, 0) is 0 Å². The zero-order valence-electron chi connectivity index (χ0n) is 8.64. The van der Waals surface area contributed by atoms with E-state index in [0.717, 1.165) is 11.3 Å². The Kier molecular flexibility index (Phi) is 2.40. The summed E-state index contributed by atoms with van der Waals surface area (Å²) in [5.41, 5.74) is 1.62. The number of nitrogens with zero attached hydrogens (tertiary/aromatic N) is 3. The summed E-state index contributed by atoms with van der Waals surface area (Å²) in [5, 5.41) is 0. The van der Waals surface area contributed by atoms with Gasteiger partial charge in [0.1, 0.15) is 5.82 Å². The number of rotatable bonds is 1. The van der Waals surface area contributed by atoms with Crippen molar-refractivity contribution in [2.45, 2.75) is 0 Å². The van der Waals surface area contributed by atoms with E-state index >= 15 is 0 Å². The highest BCUT2D eigenvalue weighted by molar-refractivity contribution is 9.10. The Morgan fingerprint density at radius 1 is 1.29 bits per heavy atom. The van der Waals surface area contributed by atoms with Crippen LogP contribution >= 0.6 is 15.9 Å². The van der Waals surface area contributed by atoms with E-state index in [1.807, 2.05) is 22.9 Å². The largest absolute Gasteiger partial charge is 0.291 e. The van der Waals surface area contributed by atoms with Crippen LogP contribution in [0.15, 0.2) is 47.3 Å². The second kappa shape index (κ2) is 3.92. The van der Waals surface area contributed by atoms with Crippen molar-refractivity contribution >= 4 is 21.7 Å². The lowest BCUT2D eigenvalue weighted by Gasteiger charge is -1.98. The van der Waals surface area contributed by atoms with E-state index < -0.39 is 0 Å². The van der Waals surface area contributed by atoms with Gasteiger partial charge in [0.2, 0.25) is 5.78 Å². The van der Waals surface area contributed by atoms with Crippen molar-refractivity contribution in [2.24, 2.45) is 0 Å². The molecule has 1 aromatic carbocycles. The molecular weight excluding hydrogens is 285 g/mol. The number of aromatic nitrogens is 3. The monoisotopic (exact) mass is 291 g/mol. The first-order valence-corrected chi connectivity index (χ1v) is 5.78. The molecule has 84 valence electrons. The van der Waals surface area contributed by atoms with Gasteiger partial charge in [-0.25, -0.2) is 14.4 Å². The Morgan fingerprint density at radius 2 is 2.18 bits per heavy atom. The highest BCUT2D eigenvalue weighted by Gasteiger charge is 2.07. The van der Waals surface area contributed by atoms with Gasteiger partial charge in [-0.05, 0) is 40.2 Å². The first kappa shape index (κ1) is 10.4. The van der Waals surface area contributed by atoms with Crippen LogP contribution < -0.4 is 0 Å². The molecular formula is C12H7BrFN3. The van der Waals surface area contributed by atoms with E-state index in [2.05, 4.69) is 25.9 Å². The van der Waals surface area contributed by atoms with Crippen molar-refractivity contribution in [2.75, 3.05) is 0 Å². The summed E-state index contributed by atoms with van der Waals surface area (Å²) in [6.45, 7) is 0. The van der Waals surface area contributed by atoms with E-state index in [-0.39, 0.29) is 5.82 Å². The minimum atomic E-state index is -0.282. The zero-order valence-corrected chi connectivity index (χ0v) is 10.2. The maximum absolute atomic E-state index is 13.1. The third-order valence-electron chi connectivity index (χ3n) is 2.45. The average molecular weight is 292 g/mol. The third-order valence-corrected chi connectivity index (χ3v) is 3.06. The number of halogens is 2. The number of imidazole rings is 1. The van der Waals surface area contributed by atoms with Crippen molar-refractivity contribution in [3.05, 3.63) is 53.1 Å². The fourth-order valence-corrected chi connectivity index (χ4v) is 2.00. The fourth-order valence-electron chi connectivity index (χ4n) is 1.62. The molecule has 3 rings (SSSR count). The molecule has 0 aliphatic rings. The Bertz CT molecular complexity index is 660. The van der Waals surface area contributed by atoms with E-state index in [1.54, 1.807) is 18.3 Å². The second-order valence-electron chi connectivity index (χ2n) is 3.58. The molecule has 0 N–H and O–H groups in total. The predicted molar refractivity (Wildman–Crippen MR) is 66.1 cm³/mol. The van der Waals surface area contributed by atoms with E-state index in [0.29, 0.717) is 10.3 Å². The minimum Gasteiger partial charge on any atom is -0.291 e. The normalized spacial score (nSPS) is 10.9. The van der Waals surface area contributed by atoms with Gasteiger partial charge < -0.3 is 0 Å². The molecule has 0 atom stereocenters. The molecule has 0 fully saturated rings. The molecule has 0 spiro atoms. The smallest absolute Gasteiger partial charge is 0.234 e. The Balaban J connectivity index is 2.17. The standard InChI is InChI=1S/C12H7BrFN3/c13-9-6-8(2-3-10(9)14)11-7-17-5-1-4-15-12(17)16-11/h1-7H. The van der Waals surface area contributed by atoms with Crippen molar-refractivity contribution in [1.29, 1.82) is 0 Å². The molecule has 0 bridgehead atoms. The molecule has 0 aliphatic carbocycles. The van der Waals surface area contributed by atoms with Gasteiger partial charge >= 0.3 is 0 Å². The first-order chi connectivity index (χ1) is 8.24. The maximum atomic E-state index is 13.1. The third kappa shape index (κ3) is 1.82. The molecule has 0 saturated carbocycles. The molecule has 0 unspecified atom stereocenters. The Hall–Kier alpha value is -1.75. The lowest BCUT2D eigenvalue weighted by molar-refractivity contribution is 0.621. The maximum Gasteiger partial charge on any atom is 0.234 e. The molecule has 3 aromatic rings. The molecule has 0 radical (unpaired) electrons. The Labute approximate surface area is 105 Å². The molecule has 5 heteroatoms. The molecule has 2 aromatic heterocycles. The molecule has 2 heterocycles. The van der Waals surface area contributed by atoms with Crippen molar-refractivity contribution in [3.8, 4) is 11.3 Å². The molecule has 0 amide bonds. The van der Waals surface area contributed by atoms with Crippen LogP contribution in [0.4, 0.5) is 4.39 Å². The van der Waals surface area contributed by atoms with Gasteiger partial charge in [0.05, 0.1) is 10.2 Å². The van der Waals surface area contributed by atoms with Crippen molar-refractivity contribution in [1.82, 2.24) is 14.4 Å². The van der Waals surface area contributed by atoms with Crippen LogP contribution in [0.1, 0.15) is 0 Å². The average Bonchev–Trinajstić information content (AvgIpc) is 2.76. The van der Waals surface area contributed by atoms with Gasteiger partial charge in [-0.3, -0.25) is 4.40 Å². The summed E-state index contributed by atoms with van der Waals surface area (Å²) in [4.78, 5) is 8.50. The van der Waals surface area contributed by atoms with Crippen LogP contribution in [0.25, 0.3) is 17.0 Å². The number of hydrogen-bond acceptors (Lipinski definition) is 2. The van der Waals surface area contributed by atoms with Gasteiger partial charge in [0, 0.05) is 24.2 Å². The SMILES string of the molecule is Fc1ccc(-c2cn3cccnc3n2)cc1Br. The summed E-state index contributed by atoms with van der Waals surface area (Å²) >= 11 is 3.16. The predicted octanol–water partition coefficient (Wildman–Crippen LogP) is 3.30. The number of benzene rings is 1. The summed E-state index contributed by atoms with van der Waals surface area (Å²) in [5.74, 6) is 0.346. The molecule has 17 heavy (non-hydrogen) atoms. The highest BCUT2D eigenvalue weighted by atomic mass is 79.9. The van der Waals surface area contributed by atoms with E-state index in [4.69, 9.17) is 0 Å². The number of hydrogen-bond donors (Lipinski definition) is 0. The minimum absolute atomic E-state index is 0.282. The second-order valence-corrected chi connectivity index (χ2v) is 4.44. The van der Waals surface area contributed by atoms with Gasteiger partial charge in [0.15, 0.2) is 0 Å². The van der Waals surface area contributed by atoms with E-state index in [9.17, 15) is 4.39 Å². The zero-order chi connectivity index (χ0) is 11.8. The van der Waals surface area contributed by atoms with Gasteiger partial charge in [0.25, 0.3) is 0 Å². The van der Waals surface area contributed by atoms with Crippen LogP contribution in [0, 0.1) is 5.82 Å². The molecule has 3 nitrogen and oxygen atoms in total. The van der Waals surface area contributed by atoms with Crippen LogP contribution in [0.5, 0.6) is 0 Å². The fraction of sp³-hybridized carbons (Fsp3) is 0. The summed E-state index contributed by atoms with van der Waals surface area (Å²) in [7, 11) is 0. The molecule has 0 aliphatic heterocycles. The van der Waals surface area contributed by atoms with Gasteiger partial charge in [-0.2, -0.15) is 0 Å². The Morgan fingerprint density at radius 3 is 2.94 bits per heavy atom. The van der Waals surface area contributed by atoms with Crippen molar-refractivity contribution in [3.63, 3.8) is 0 Å². The van der Waals surface area contributed by atoms with Crippen LogP contribution in [-0.4, -0.2) is 14.4 Å². The van der Waals surface area contributed by atoms with E-state index in [1.165, 1.54) is 6.07 Å². The quantitative estimate of drug-likeness (QED) is 0.689. The topological polar surface area (TPSA) is 30.2 Å². The lowest BCUT2D eigenvalue weighted by Crippen LogP contribution is -1.83. The van der Waals surface area contributed by atoms with Crippen molar-refractivity contribution < 1.29 is 4.39 Å². The first-order valence-electron chi connectivity index (χ1n) is 4.99. The highest BCUT2D eigenvalue weighted by Crippen LogP contribution is 2.24. The summed E-state index contributed by atoms with van der Waals surface area (Å²) < 4.78 is 15.4. The summed E-state index contributed by atoms with van der Waals surface area (Å²) in [6, 6.07) is 6.65. The van der Waals surface area contributed by atoms with Crippen LogP contribution in [0.3, 0.4) is 0 Å². The van der Waals surface area contributed by atoms with Crippen LogP contribution in [0.2, 0.25) is 0 Å².